The lowest BCUT2D eigenvalue weighted by Gasteiger charge is -2.44. The number of Topliss-reactive ketones (excluding diaryl/α,β-unsaturated/α-hetero) is 1. The van der Waals surface area contributed by atoms with Crippen LogP contribution in [0.3, 0.4) is 0 Å². The standard InChI is InChI=1S/C15H27NO/c1-13(2)14(17)12-16-10-8-15(9-11-16)6-4-3-5-7-15/h13H,3-12H2,1-2H3. The van der Waals surface area contributed by atoms with Crippen LogP contribution >= 0.6 is 0 Å². The zero-order valence-electron chi connectivity index (χ0n) is 11.5. The Labute approximate surface area is 106 Å². The number of hydrogen-bond donors (Lipinski definition) is 0. The first kappa shape index (κ1) is 13.1. The van der Waals surface area contributed by atoms with Gasteiger partial charge in [-0.3, -0.25) is 9.69 Å². The Balaban J connectivity index is 1.79. The van der Waals surface area contributed by atoms with Gasteiger partial charge in [0.1, 0.15) is 5.78 Å². The molecule has 0 aromatic heterocycles. The first-order chi connectivity index (χ1) is 8.11. The third kappa shape index (κ3) is 3.31. The molecule has 0 aromatic rings. The van der Waals surface area contributed by atoms with E-state index in [1.165, 1.54) is 44.9 Å². The van der Waals surface area contributed by atoms with Gasteiger partial charge in [-0.2, -0.15) is 0 Å². The van der Waals surface area contributed by atoms with Gasteiger partial charge in [-0.05, 0) is 44.2 Å². The number of carbonyl (C=O) groups excluding carboxylic acids is 1. The number of likely N-dealkylation sites (tertiary alicyclic amines) is 1. The summed E-state index contributed by atoms with van der Waals surface area (Å²) in [7, 11) is 0. The second-order valence-electron chi connectivity index (χ2n) is 6.46. The van der Waals surface area contributed by atoms with Crippen LogP contribution in [0.15, 0.2) is 0 Å². The van der Waals surface area contributed by atoms with Crippen molar-refractivity contribution in [1.29, 1.82) is 0 Å². The highest BCUT2D eigenvalue weighted by atomic mass is 16.1. The predicted octanol–water partition coefficient (Wildman–Crippen LogP) is 3.26. The monoisotopic (exact) mass is 237 g/mol. The van der Waals surface area contributed by atoms with Gasteiger partial charge in [-0.15, -0.1) is 0 Å². The summed E-state index contributed by atoms with van der Waals surface area (Å²) in [6.45, 7) is 7.01. The van der Waals surface area contributed by atoms with Gasteiger partial charge >= 0.3 is 0 Å². The molecule has 1 aliphatic heterocycles. The van der Waals surface area contributed by atoms with E-state index in [0.29, 0.717) is 17.7 Å². The minimum absolute atomic E-state index is 0.195. The van der Waals surface area contributed by atoms with E-state index in [-0.39, 0.29) is 5.92 Å². The van der Waals surface area contributed by atoms with E-state index in [9.17, 15) is 4.79 Å². The molecule has 1 aliphatic carbocycles. The van der Waals surface area contributed by atoms with Crippen molar-refractivity contribution < 1.29 is 4.79 Å². The Morgan fingerprint density at radius 1 is 1.06 bits per heavy atom. The SMILES string of the molecule is CC(C)C(=O)CN1CCC2(CCCCC2)CC1. The van der Waals surface area contributed by atoms with Gasteiger partial charge in [0, 0.05) is 5.92 Å². The van der Waals surface area contributed by atoms with Crippen LogP contribution in [0.25, 0.3) is 0 Å². The van der Waals surface area contributed by atoms with Crippen molar-refractivity contribution in [2.75, 3.05) is 19.6 Å². The maximum atomic E-state index is 11.7. The lowest BCUT2D eigenvalue weighted by molar-refractivity contribution is -0.123. The molecule has 1 spiro atoms. The molecule has 0 radical (unpaired) electrons. The maximum absolute atomic E-state index is 11.7. The summed E-state index contributed by atoms with van der Waals surface area (Å²) in [6.07, 6.45) is 9.86. The maximum Gasteiger partial charge on any atom is 0.149 e. The molecule has 0 bridgehead atoms. The molecule has 2 nitrogen and oxygen atoms in total. The van der Waals surface area contributed by atoms with Crippen LogP contribution in [0.2, 0.25) is 0 Å². The van der Waals surface area contributed by atoms with E-state index in [1.807, 2.05) is 13.8 Å². The molecule has 2 heteroatoms. The van der Waals surface area contributed by atoms with E-state index in [4.69, 9.17) is 0 Å². The molecule has 0 unspecified atom stereocenters. The molecule has 1 saturated heterocycles. The van der Waals surface area contributed by atoms with Gasteiger partial charge in [0.2, 0.25) is 0 Å². The number of hydrogen-bond acceptors (Lipinski definition) is 2. The number of rotatable bonds is 3. The second kappa shape index (κ2) is 5.51. The number of ketones is 1. The Hall–Kier alpha value is -0.370. The third-order valence-electron chi connectivity index (χ3n) is 4.85. The van der Waals surface area contributed by atoms with Crippen LogP contribution < -0.4 is 0 Å². The van der Waals surface area contributed by atoms with Crippen LogP contribution in [0, 0.1) is 11.3 Å². The Morgan fingerprint density at radius 2 is 1.65 bits per heavy atom. The minimum atomic E-state index is 0.195. The van der Waals surface area contributed by atoms with E-state index in [0.717, 1.165) is 13.1 Å². The van der Waals surface area contributed by atoms with E-state index in [1.54, 1.807) is 0 Å². The molecule has 2 fully saturated rings. The van der Waals surface area contributed by atoms with Gasteiger partial charge in [0.15, 0.2) is 0 Å². The molecular formula is C15H27NO. The summed E-state index contributed by atoms with van der Waals surface area (Å²) in [5.41, 5.74) is 0.662. The van der Waals surface area contributed by atoms with Gasteiger partial charge in [-0.1, -0.05) is 33.1 Å². The van der Waals surface area contributed by atoms with Crippen LogP contribution in [-0.4, -0.2) is 30.3 Å². The van der Waals surface area contributed by atoms with Crippen LogP contribution in [0.4, 0.5) is 0 Å². The average molecular weight is 237 g/mol. The number of piperidine rings is 1. The van der Waals surface area contributed by atoms with E-state index < -0.39 is 0 Å². The smallest absolute Gasteiger partial charge is 0.149 e. The molecule has 98 valence electrons. The van der Waals surface area contributed by atoms with Crippen molar-refractivity contribution in [2.45, 2.75) is 58.8 Å². The summed E-state index contributed by atoms with van der Waals surface area (Å²) >= 11 is 0. The number of carbonyl (C=O) groups is 1. The fraction of sp³-hybridized carbons (Fsp3) is 0.933. The van der Waals surface area contributed by atoms with Crippen molar-refractivity contribution in [3.05, 3.63) is 0 Å². The highest BCUT2D eigenvalue weighted by Crippen LogP contribution is 2.44. The Bertz CT molecular complexity index is 256. The van der Waals surface area contributed by atoms with Crippen molar-refractivity contribution in [3.63, 3.8) is 0 Å². The molecule has 17 heavy (non-hydrogen) atoms. The van der Waals surface area contributed by atoms with Crippen molar-refractivity contribution in [1.82, 2.24) is 4.90 Å². The Morgan fingerprint density at radius 3 is 2.18 bits per heavy atom. The quantitative estimate of drug-likeness (QED) is 0.751. The molecule has 0 aromatic carbocycles. The van der Waals surface area contributed by atoms with Crippen LogP contribution in [-0.2, 0) is 4.79 Å². The lowest BCUT2D eigenvalue weighted by atomic mass is 9.68. The van der Waals surface area contributed by atoms with Crippen LogP contribution in [0.1, 0.15) is 58.8 Å². The lowest BCUT2D eigenvalue weighted by Crippen LogP contribution is -2.43. The molecule has 1 saturated carbocycles. The zero-order valence-corrected chi connectivity index (χ0v) is 11.5. The molecule has 1 heterocycles. The predicted molar refractivity (Wildman–Crippen MR) is 71.0 cm³/mol. The molecule has 0 atom stereocenters. The summed E-state index contributed by atoms with van der Waals surface area (Å²) in [5.74, 6) is 0.602. The second-order valence-corrected chi connectivity index (χ2v) is 6.46. The highest BCUT2D eigenvalue weighted by Gasteiger charge is 2.35. The van der Waals surface area contributed by atoms with E-state index >= 15 is 0 Å². The molecule has 2 aliphatic rings. The molecule has 2 rings (SSSR count). The summed E-state index contributed by atoms with van der Waals surface area (Å²) < 4.78 is 0. The van der Waals surface area contributed by atoms with Crippen molar-refractivity contribution >= 4 is 5.78 Å². The summed E-state index contributed by atoms with van der Waals surface area (Å²) in [5, 5.41) is 0. The van der Waals surface area contributed by atoms with Gasteiger partial charge in [0.05, 0.1) is 6.54 Å². The fourth-order valence-corrected chi connectivity index (χ4v) is 3.39. The van der Waals surface area contributed by atoms with Crippen molar-refractivity contribution in [3.8, 4) is 0 Å². The first-order valence-electron chi connectivity index (χ1n) is 7.36. The highest BCUT2D eigenvalue weighted by molar-refractivity contribution is 5.82. The van der Waals surface area contributed by atoms with Gasteiger partial charge in [0.25, 0.3) is 0 Å². The fourth-order valence-electron chi connectivity index (χ4n) is 3.39. The normalized spacial score (nSPS) is 25.4. The molecule has 0 amide bonds. The number of nitrogens with zero attached hydrogens (tertiary/aromatic N) is 1. The third-order valence-corrected chi connectivity index (χ3v) is 4.85. The van der Waals surface area contributed by atoms with Crippen LogP contribution in [0.5, 0.6) is 0 Å². The topological polar surface area (TPSA) is 20.3 Å². The Kier molecular flexibility index (Phi) is 4.24. The molecular weight excluding hydrogens is 210 g/mol. The molecule has 0 N–H and O–H groups in total. The van der Waals surface area contributed by atoms with E-state index in [2.05, 4.69) is 4.90 Å². The van der Waals surface area contributed by atoms with Crippen molar-refractivity contribution in [2.24, 2.45) is 11.3 Å². The summed E-state index contributed by atoms with van der Waals surface area (Å²) in [6, 6.07) is 0. The average Bonchev–Trinajstić information content (AvgIpc) is 2.33. The first-order valence-corrected chi connectivity index (χ1v) is 7.36. The van der Waals surface area contributed by atoms with Gasteiger partial charge in [-0.25, -0.2) is 0 Å². The van der Waals surface area contributed by atoms with Gasteiger partial charge < -0.3 is 0 Å². The zero-order chi connectivity index (χ0) is 12.3. The largest absolute Gasteiger partial charge is 0.298 e. The summed E-state index contributed by atoms with van der Waals surface area (Å²) in [4.78, 5) is 14.1. The minimum Gasteiger partial charge on any atom is -0.298 e.